The predicted octanol–water partition coefficient (Wildman–Crippen LogP) is 2.01. The van der Waals surface area contributed by atoms with Gasteiger partial charge in [0.25, 0.3) is 0 Å². The normalized spacial score (nSPS) is 21.7. The van der Waals surface area contributed by atoms with Crippen LogP contribution in [0.25, 0.3) is 0 Å². The van der Waals surface area contributed by atoms with Gasteiger partial charge in [0.1, 0.15) is 24.5 Å². The van der Waals surface area contributed by atoms with E-state index in [0.717, 1.165) is 18.7 Å². The third-order valence-electron chi connectivity index (χ3n) is 3.09. The molecule has 0 aliphatic carbocycles. The molecule has 1 aromatic rings. The second-order valence-corrected chi connectivity index (χ2v) is 5.55. The summed E-state index contributed by atoms with van der Waals surface area (Å²) in [6.45, 7) is 8.16. The molecule has 0 bridgehead atoms. The van der Waals surface area contributed by atoms with E-state index < -0.39 is 0 Å². The molecule has 1 aliphatic heterocycles. The largest absolute Gasteiger partial charge is 0.489 e. The molecule has 19 heavy (non-hydrogen) atoms. The van der Waals surface area contributed by atoms with Crippen molar-refractivity contribution in [2.75, 3.05) is 19.7 Å². The first-order chi connectivity index (χ1) is 9.00. The molecular formula is C15H20N2O2. The molecule has 1 N–H and O–H groups in total. The van der Waals surface area contributed by atoms with Crippen LogP contribution in [-0.2, 0) is 4.74 Å². The highest BCUT2D eigenvalue weighted by Gasteiger charge is 2.28. The van der Waals surface area contributed by atoms with Crippen LogP contribution >= 0.6 is 0 Å². The molecule has 4 nitrogen and oxygen atoms in total. The van der Waals surface area contributed by atoms with Crippen LogP contribution in [0.1, 0.15) is 25.0 Å². The highest BCUT2D eigenvalue weighted by molar-refractivity contribution is 5.45. The van der Waals surface area contributed by atoms with Crippen molar-refractivity contribution in [3.63, 3.8) is 0 Å². The second kappa shape index (κ2) is 5.60. The van der Waals surface area contributed by atoms with Gasteiger partial charge < -0.3 is 14.8 Å². The molecule has 1 atom stereocenters. The minimum atomic E-state index is -0.170. The molecule has 1 unspecified atom stereocenters. The summed E-state index contributed by atoms with van der Waals surface area (Å²) in [4.78, 5) is 0. The second-order valence-electron chi connectivity index (χ2n) is 5.55. The SMILES string of the molecule is Cc1ccc(C#N)c(OCC2CNCC(C)(C)O2)c1. The molecule has 102 valence electrons. The summed E-state index contributed by atoms with van der Waals surface area (Å²) in [5, 5.41) is 12.4. The van der Waals surface area contributed by atoms with Crippen molar-refractivity contribution in [2.45, 2.75) is 32.5 Å². The first-order valence-corrected chi connectivity index (χ1v) is 6.52. The first-order valence-electron chi connectivity index (χ1n) is 6.52. The van der Waals surface area contributed by atoms with Crippen molar-refractivity contribution in [3.05, 3.63) is 29.3 Å². The van der Waals surface area contributed by atoms with Crippen molar-refractivity contribution in [1.29, 1.82) is 5.26 Å². The monoisotopic (exact) mass is 260 g/mol. The summed E-state index contributed by atoms with van der Waals surface area (Å²) in [7, 11) is 0. The van der Waals surface area contributed by atoms with Gasteiger partial charge in [-0.25, -0.2) is 0 Å². The summed E-state index contributed by atoms with van der Waals surface area (Å²) in [6, 6.07) is 7.73. The standard InChI is InChI=1S/C15H20N2O2/c1-11-4-5-12(7-16)14(6-11)18-9-13-8-17-10-15(2,3)19-13/h4-6,13,17H,8-10H2,1-3H3. The molecule has 1 heterocycles. The van der Waals surface area contributed by atoms with Gasteiger partial charge in [0, 0.05) is 13.1 Å². The molecule has 0 radical (unpaired) electrons. The van der Waals surface area contributed by atoms with Crippen LogP contribution in [0.4, 0.5) is 0 Å². The summed E-state index contributed by atoms with van der Waals surface area (Å²) < 4.78 is 11.7. The van der Waals surface area contributed by atoms with Gasteiger partial charge in [0.15, 0.2) is 0 Å². The van der Waals surface area contributed by atoms with Crippen LogP contribution in [0.15, 0.2) is 18.2 Å². The molecule has 1 saturated heterocycles. The van der Waals surface area contributed by atoms with E-state index in [1.165, 1.54) is 0 Å². The lowest BCUT2D eigenvalue weighted by molar-refractivity contribution is -0.107. The number of aryl methyl sites for hydroxylation is 1. The Labute approximate surface area is 114 Å². The number of morpholine rings is 1. The number of hydrogen-bond donors (Lipinski definition) is 1. The summed E-state index contributed by atoms with van der Waals surface area (Å²) in [6.07, 6.45) is 0.0100. The van der Waals surface area contributed by atoms with Gasteiger partial charge >= 0.3 is 0 Å². The molecule has 1 fully saturated rings. The number of nitriles is 1. The number of benzene rings is 1. The van der Waals surface area contributed by atoms with Crippen LogP contribution in [0.5, 0.6) is 5.75 Å². The van der Waals surface area contributed by atoms with Crippen LogP contribution in [0.2, 0.25) is 0 Å². The van der Waals surface area contributed by atoms with E-state index in [0.29, 0.717) is 17.9 Å². The lowest BCUT2D eigenvalue weighted by Crippen LogP contribution is -2.52. The molecule has 0 saturated carbocycles. The Balaban J connectivity index is 1.99. The maximum absolute atomic E-state index is 9.06. The predicted molar refractivity (Wildman–Crippen MR) is 73.2 cm³/mol. The van der Waals surface area contributed by atoms with Crippen molar-refractivity contribution in [2.24, 2.45) is 0 Å². The number of nitrogens with zero attached hydrogens (tertiary/aromatic N) is 1. The van der Waals surface area contributed by atoms with Crippen molar-refractivity contribution >= 4 is 0 Å². The average Bonchev–Trinajstić information content (AvgIpc) is 2.35. The number of ether oxygens (including phenoxy) is 2. The zero-order valence-corrected chi connectivity index (χ0v) is 11.7. The Morgan fingerprint density at radius 3 is 3.00 bits per heavy atom. The van der Waals surface area contributed by atoms with Crippen molar-refractivity contribution < 1.29 is 9.47 Å². The van der Waals surface area contributed by atoms with E-state index in [2.05, 4.69) is 25.2 Å². The van der Waals surface area contributed by atoms with E-state index in [-0.39, 0.29) is 11.7 Å². The smallest absolute Gasteiger partial charge is 0.137 e. The summed E-state index contributed by atoms with van der Waals surface area (Å²) in [5.74, 6) is 0.634. The molecule has 0 spiro atoms. The topological polar surface area (TPSA) is 54.3 Å². The lowest BCUT2D eigenvalue weighted by atomic mass is 10.1. The van der Waals surface area contributed by atoms with E-state index in [9.17, 15) is 0 Å². The minimum absolute atomic E-state index is 0.0100. The van der Waals surface area contributed by atoms with E-state index >= 15 is 0 Å². The average molecular weight is 260 g/mol. The summed E-state index contributed by atoms with van der Waals surface area (Å²) in [5.41, 5.74) is 1.47. The Morgan fingerprint density at radius 2 is 2.32 bits per heavy atom. The zero-order valence-electron chi connectivity index (χ0n) is 11.7. The maximum Gasteiger partial charge on any atom is 0.137 e. The van der Waals surface area contributed by atoms with Crippen LogP contribution in [-0.4, -0.2) is 31.4 Å². The molecule has 0 aromatic heterocycles. The fourth-order valence-corrected chi connectivity index (χ4v) is 2.19. The van der Waals surface area contributed by atoms with E-state index in [1.54, 1.807) is 6.07 Å². The highest BCUT2D eigenvalue weighted by atomic mass is 16.5. The van der Waals surface area contributed by atoms with Crippen molar-refractivity contribution in [1.82, 2.24) is 5.32 Å². The highest BCUT2D eigenvalue weighted by Crippen LogP contribution is 2.21. The van der Waals surface area contributed by atoms with Crippen LogP contribution in [0.3, 0.4) is 0 Å². The molecule has 0 amide bonds. The van der Waals surface area contributed by atoms with E-state index in [4.69, 9.17) is 14.7 Å². The zero-order chi connectivity index (χ0) is 13.9. The third kappa shape index (κ3) is 3.69. The van der Waals surface area contributed by atoms with Crippen LogP contribution < -0.4 is 10.1 Å². The molecule has 1 aromatic carbocycles. The summed E-state index contributed by atoms with van der Waals surface area (Å²) >= 11 is 0. The first kappa shape index (κ1) is 13.9. The Kier molecular flexibility index (Phi) is 4.08. The molecular weight excluding hydrogens is 240 g/mol. The van der Waals surface area contributed by atoms with Crippen molar-refractivity contribution in [3.8, 4) is 11.8 Å². The van der Waals surface area contributed by atoms with Gasteiger partial charge in [-0.2, -0.15) is 5.26 Å². The van der Waals surface area contributed by atoms with Gasteiger partial charge in [-0.15, -0.1) is 0 Å². The Bertz CT molecular complexity index is 491. The van der Waals surface area contributed by atoms with Gasteiger partial charge in [-0.05, 0) is 38.5 Å². The van der Waals surface area contributed by atoms with Gasteiger partial charge in [-0.3, -0.25) is 0 Å². The molecule has 2 rings (SSSR count). The Morgan fingerprint density at radius 1 is 1.53 bits per heavy atom. The minimum Gasteiger partial charge on any atom is -0.489 e. The fourth-order valence-electron chi connectivity index (χ4n) is 2.19. The number of rotatable bonds is 3. The van der Waals surface area contributed by atoms with Crippen LogP contribution in [0, 0.1) is 18.3 Å². The van der Waals surface area contributed by atoms with Gasteiger partial charge in [-0.1, -0.05) is 6.07 Å². The van der Waals surface area contributed by atoms with Gasteiger partial charge in [0.2, 0.25) is 0 Å². The molecule has 1 aliphatic rings. The molecule has 4 heteroatoms. The maximum atomic E-state index is 9.06. The number of hydrogen-bond acceptors (Lipinski definition) is 4. The van der Waals surface area contributed by atoms with Gasteiger partial charge in [0.05, 0.1) is 11.2 Å². The Hall–Kier alpha value is -1.57. The quantitative estimate of drug-likeness (QED) is 0.903. The van der Waals surface area contributed by atoms with E-state index in [1.807, 2.05) is 19.1 Å². The lowest BCUT2D eigenvalue weighted by Gasteiger charge is -2.36. The third-order valence-corrected chi connectivity index (χ3v) is 3.09. The number of nitrogens with one attached hydrogen (secondary N) is 1. The fraction of sp³-hybridized carbons (Fsp3) is 0.533.